The van der Waals surface area contributed by atoms with Gasteiger partial charge in [-0.3, -0.25) is 9.78 Å². The van der Waals surface area contributed by atoms with Crippen molar-refractivity contribution in [1.82, 2.24) is 14.9 Å². The van der Waals surface area contributed by atoms with Crippen molar-refractivity contribution < 1.29 is 14.6 Å². The molecular weight excluding hydrogens is 454 g/mol. The van der Waals surface area contributed by atoms with E-state index >= 15 is 0 Å². The van der Waals surface area contributed by atoms with Gasteiger partial charge in [0.1, 0.15) is 10.1 Å². The highest BCUT2D eigenvalue weighted by atomic mass is 32.2. The maximum atomic E-state index is 12.0. The molecule has 4 rings (SSSR count). The fourth-order valence-corrected chi connectivity index (χ4v) is 6.34. The predicted molar refractivity (Wildman–Crippen MR) is 134 cm³/mol. The molecule has 1 aliphatic rings. The number of aromatic nitrogens is 2. The number of fused-ring (bicyclic) bond motifs is 1. The molecule has 1 fully saturated rings. The van der Waals surface area contributed by atoms with Gasteiger partial charge in [0.2, 0.25) is 0 Å². The second kappa shape index (κ2) is 11.8. The molecule has 0 spiro atoms. The number of pyridine rings is 1. The molecule has 3 aromatic rings. The van der Waals surface area contributed by atoms with Crippen LogP contribution >= 0.6 is 23.1 Å². The van der Waals surface area contributed by atoms with E-state index in [0.29, 0.717) is 6.54 Å². The van der Waals surface area contributed by atoms with Crippen molar-refractivity contribution >= 4 is 40.0 Å². The largest absolute Gasteiger partial charge is 0.497 e. The lowest BCUT2D eigenvalue weighted by Gasteiger charge is -2.36. The number of methoxy groups -OCH3 is 1. The summed E-state index contributed by atoms with van der Waals surface area (Å²) in [4.78, 5) is 23.1. The zero-order valence-electron chi connectivity index (χ0n) is 19.0. The third-order valence-corrected chi connectivity index (χ3v) is 8.52. The van der Waals surface area contributed by atoms with Crippen LogP contribution in [0.15, 0.2) is 46.4 Å². The van der Waals surface area contributed by atoms with Gasteiger partial charge in [0.15, 0.2) is 0 Å². The number of ether oxygens (including phenoxy) is 1. The highest BCUT2D eigenvalue weighted by molar-refractivity contribution is 8.00. The molecule has 6 nitrogen and oxygen atoms in total. The standard InChI is InChI=1S/C25H31N3O3S2/c1-31-20-6-7-23-21(16-20)18(8-10-26-23)4-2-5-19-9-13-28(17-22(19)24(29)30)12-3-14-32-25-27-11-15-33-25/h6-8,10-11,15-16,19,22H,2-5,9,12-14,17H2,1H3,(H,29,30)/t19-,22+/m1/s1. The van der Waals surface area contributed by atoms with Crippen molar-refractivity contribution in [3.63, 3.8) is 0 Å². The number of hydrogen-bond donors (Lipinski definition) is 1. The Hall–Kier alpha value is -2.16. The molecule has 3 heterocycles. The highest BCUT2D eigenvalue weighted by Gasteiger charge is 2.33. The number of carboxylic acid groups (broad SMARTS) is 1. The zero-order valence-corrected chi connectivity index (χ0v) is 20.6. The Morgan fingerprint density at radius 2 is 2.18 bits per heavy atom. The summed E-state index contributed by atoms with van der Waals surface area (Å²) >= 11 is 3.46. The monoisotopic (exact) mass is 485 g/mol. The van der Waals surface area contributed by atoms with Crippen LogP contribution in [0, 0.1) is 11.8 Å². The Morgan fingerprint density at radius 3 is 2.97 bits per heavy atom. The smallest absolute Gasteiger partial charge is 0.308 e. The van der Waals surface area contributed by atoms with Crippen LogP contribution in [-0.2, 0) is 11.2 Å². The van der Waals surface area contributed by atoms with Crippen molar-refractivity contribution in [2.45, 2.75) is 36.4 Å². The first-order chi connectivity index (χ1) is 16.1. The number of benzene rings is 1. The Bertz CT molecular complexity index is 1040. The zero-order chi connectivity index (χ0) is 23.0. The number of aryl methyl sites for hydroxylation is 1. The average Bonchev–Trinajstić information content (AvgIpc) is 3.36. The van der Waals surface area contributed by atoms with Gasteiger partial charge in [0.25, 0.3) is 0 Å². The number of rotatable bonds is 11. The third-order valence-electron chi connectivity index (χ3n) is 6.47. The molecule has 33 heavy (non-hydrogen) atoms. The van der Waals surface area contributed by atoms with Crippen LogP contribution in [0.5, 0.6) is 5.75 Å². The maximum Gasteiger partial charge on any atom is 0.308 e. The van der Waals surface area contributed by atoms with Crippen LogP contribution < -0.4 is 4.74 Å². The van der Waals surface area contributed by atoms with E-state index in [1.807, 2.05) is 36.0 Å². The molecule has 0 aliphatic carbocycles. The summed E-state index contributed by atoms with van der Waals surface area (Å²) in [6.07, 6.45) is 8.56. The fraction of sp³-hybridized carbons (Fsp3) is 0.480. The van der Waals surface area contributed by atoms with E-state index in [9.17, 15) is 9.90 Å². The van der Waals surface area contributed by atoms with E-state index in [2.05, 4.69) is 20.9 Å². The summed E-state index contributed by atoms with van der Waals surface area (Å²) in [6.45, 7) is 2.61. The molecule has 1 aromatic carbocycles. The second-order valence-electron chi connectivity index (χ2n) is 8.54. The number of aliphatic carboxylic acids is 1. The van der Waals surface area contributed by atoms with E-state index < -0.39 is 5.97 Å². The Kier molecular flexibility index (Phi) is 8.58. The molecule has 0 bridgehead atoms. The van der Waals surface area contributed by atoms with Crippen molar-refractivity contribution in [2.24, 2.45) is 11.8 Å². The fourth-order valence-electron chi connectivity index (χ4n) is 4.71. The molecule has 2 aromatic heterocycles. The van der Waals surface area contributed by atoms with Gasteiger partial charge < -0.3 is 14.7 Å². The molecule has 8 heteroatoms. The maximum absolute atomic E-state index is 12.0. The number of piperidine rings is 1. The van der Waals surface area contributed by atoms with Gasteiger partial charge >= 0.3 is 5.97 Å². The minimum absolute atomic E-state index is 0.242. The van der Waals surface area contributed by atoms with Crippen molar-refractivity contribution in [1.29, 1.82) is 0 Å². The molecule has 0 radical (unpaired) electrons. The van der Waals surface area contributed by atoms with E-state index in [0.717, 1.165) is 71.9 Å². The summed E-state index contributed by atoms with van der Waals surface area (Å²) < 4.78 is 6.49. The first-order valence-electron chi connectivity index (χ1n) is 11.5. The van der Waals surface area contributed by atoms with Crippen molar-refractivity contribution in [3.05, 3.63) is 47.6 Å². The first-order valence-corrected chi connectivity index (χ1v) is 13.4. The molecule has 2 atom stereocenters. The third kappa shape index (κ3) is 6.46. The van der Waals surface area contributed by atoms with Crippen molar-refractivity contribution in [2.75, 3.05) is 32.5 Å². The van der Waals surface area contributed by atoms with Crippen LogP contribution in [0.4, 0.5) is 0 Å². The normalized spacial score (nSPS) is 19.1. The number of likely N-dealkylation sites (tertiary alicyclic amines) is 1. The lowest BCUT2D eigenvalue weighted by molar-refractivity contribution is -0.146. The number of nitrogens with zero attached hydrogens (tertiary/aromatic N) is 3. The van der Waals surface area contributed by atoms with Gasteiger partial charge in [-0.05, 0) is 80.9 Å². The predicted octanol–water partition coefficient (Wildman–Crippen LogP) is 5.23. The lowest BCUT2D eigenvalue weighted by atomic mass is 9.81. The van der Waals surface area contributed by atoms with Crippen LogP contribution in [0.25, 0.3) is 10.9 Å². The van der Waals surface area contributed by atoms with Gasteiger partial charge in [-0.2, -0.15) is 0 Å². The van der Waals surface area contributed by atoms with Gasteiger partial charge in [0, 0.05) is 35.5 Å². The molecule has 1 saturated heterocycles. The molecule has 0 unspecified atom stereocenters. The molecule has 0 amide bonds. The van der Waals surface area contributed by atoms with E-state index in [1.54, 1.807) is 30.2 Å². The first kappa shape index (κ1) is 24.0. The quantitative estimate of drug-likeness (QED) is 0.294. The number of thioether (sulfide) groups is 1. The van der Waals surface area contributed by atoms with Crippen LogP contribution in [0.1, 0.15) is 31.2 Å². The number of thiazole rings is 1. The summed E-state index contributed by atoms with van der Waals surface area (Å²) in [6, 6.07) is 8.04. The van der Waals surface area contributed by atoms with Gasteiger partial charge in [-0.1, -0.05) is 11.8 Å². The Morgan fingerprint density at radius 1 is 1.27 bits per heavy atom. The van der Waals surface area contributed by atoms with E-state index in [4.69, 9.17) is 4.74 Å². The van der Waals surface area contributed by atoms with Crippen LogP contribution in [-0.4, -0.2) is 58.4 Å². The van der Waals surface area contributed by atoms with Crippen LogP contribution in [0.3, 0.4) is 0 Å². The second-order valence-corrected chi connectivity index (χ2v) is 10.8. The van der Waals surface area contributed by atoms with Gasteiger partial charge in [-0.15, -0.1) is 11.3 Å². The van der Waals surface area contributed by atoms with Gasteiger partial charge in [-0.25, -0.2) is 4.98 Å². The SMILES string of the molecule is COc1ccc2nccc(CCC[C@@H]3CCN(CCCSc4nccs4)C[C@@H]3C(=O)O)c2c1. The Balaban J connectivity index is 1.27. The van der Waals surface area contributed by atoms with E-state index in [1.165, 1.54) is 5.56 Å². The average molecular weight is 486 g/mol. The molecule has 1 N–H and O–H groups in total. The van der Waals surface area contributed by atoms with Crippen LogP contribution in [0.2, 0.25) is 0 Å². The molecule has 0 saturated carbocycles. The summed E-state index contributed by atoms with van der Waals surface area (Å²) in [7, 11) is 1.68. The molecule has 1 aliphatic heterocycles. The summed E-state index contributed by atoms with van der Waals surface area (Å²) in [5.74, 6) is 1.17. The number of carboxylic acids is 1. The van der Waals surface area contributed by atoms with Crippen molar-refractivity contribution in [3.8, 4) is 5.75 Å². The number of hydrogen-bond acceptors (Lipinski definition) is 7. The minimum Gasteiger partial charge on any atom is -0.497 e. The highest BCUT2D eigenvalue weighted by Crippen LogP contribution is 2.30. The van der Waals surface area contributed by atoms with Gasteiger partial charge in [0.05, 0.1) is 18.5 Å². The lowest BCUT2D eigenvalue weighted by Crippen LogP contribution is -2.44. The molecular formula is C25H31N3O3S2. The Labute approximate surface area is 203 Å². The minimum atomic E-state index is -0.652. The van der Waals surface area contributed by atoms with E-state index in [-0.39, 0.29) is 11.8 Å². The molecule has 176 valence electrons. The number of carbonyl (C=O) groups is 1. The topological polar surface area (TPSA) is 75.5 Å². The summed E-state index contributed by atoms with van der Waals surface area (Å²) in [5, 5.41) is 13.0. The summed E-state index contributed by atoms with van der Waals surface area (Å²) in [5.41, 5.74) is 2.22.